The molecule has 0 unspecified atom stereocenters. The number of cyclic esters (lactones) is 1. The van der Waals surface area contributed by atoms with Crippen LogP contribution in [0.1, 0.15) is 37.1 Å². The summed E-state index contributed by atoms with van der Waals surface area (Å²) in [4.78, 5) is 16.5. The van der Waals surface area contributed by atoms with Crippen LogP contribution in [0.25, 0.3) is 17.2 Å². The van der Waals surface area contributed by atoms with Gasteiger partial charge in [-0.05, 0) is 37.5 Å². The number of nitrogens with zero attached hydrogens (tertiary/aromatic N) is 2. The van der Waals surface area contributed by atoms with E-state index in [0.29, 0.717) is 11.3 Å². The summed E-state index contributed by atoms with van der Waals surface area (Å²) in [5, 5.41) is 9.45. The van der Waals surface area contributed by atoms with Gasteiger partial charge in [0.25, 0.3) is 5.92 Å². The van der Waals surface area contributed by atoms with Crippen molar-refractivity contribution in [3.63, 3.8) is 0 Å². The summed E-state index contributed by atoms with van der Waals surface area (Å²) in [6.45, 7) is 5.21. The van der Waals surface area contributed by atoms with Crippen LogP contribution >= 0.6 is 0 Å². The van der Waals surface area contributed by atoms with E-state index in [9.17, 15) is 18.8 Å². The fourth-order valence-corrected chi connectivity index (χ4v) is 4.95. The standard InChI is InChI=1S/C25H24F2N2O2/c1-14-5-4-6-20(22(14)12-28)17-7-8-18(29-13-17)9-10-19-15(2)25(26,27)11-21-23(19)16(3)31-24(21)30/h4-10,13,15-16,19,21,23H,11H2,1-3H3/b10-9+/t15-,16+,19-,21+,23-/m0/s1. The number of carbonyl (C=O) groups is 1. The van der Waals surface area contributed by atoms with Crippen LogP contribution in [0.2, 0.25) is 0 Å². The summed E-state index contributed by atoms with van der Waals surface area (Å²) in [6, 6.07) is 11.6. The topological polar surface area (TPSA) is 63.0 Å². The van der Waals surface area contributed by atoms with Gasteiger partial charge < -0.3 is 4.74 Å². The lowest BCUT2D eigenvalue weighted by Crippen LogP contribution is -2.46. The number of aryl methyl sites for hydroxylation is 1. The number of nitriles is 1. The van der Waals surface area contributed by atoms with E-state index in [4.69, 9.17) is 4.74 Å². The Morgan fingerprint density at radius 3 is 2.71 bits per heavy atom. The molecule has 1 aliphatic carbocycles. The van der Waals surface area contributed by atoms with Crippen molar-refractivity contribution in [3.8, 4) is 17.2 Å². The average Bonchev–Trinajstić information content (AvgIpc) is 3.01. The molecule has 31 heavy (non-hydrogen) atoms. The number of fused-ring (bicyclic) bond motifs is 1. The number of halogens is 2. The van der Waals surface area contributed by atoms with E-state index in [1.165, 1.54) is 0 Å². The highest BCUT2D eigenvalue weighted by molar-refractivity contribution is 5.76. The van der Waals surface area contributed by atoms with Crippen LogP contribution in [-0.2, 0) is 9.53 Å². The van der Waals surface area contributed by atoms with Gasteiger partial charge in [0, 0.05) is 35.6 Å². The predicted octanol–water partition coefficient (Wildman–Crippen LogP) is 5.41. The molecule has 4 rings (SSSR count). The minimum absolute atomic E-state index is 0.261. The Balaban J connectivity index is 1.60. The number of esters is 1. The lowest BCUT2D eigenvalue weighted by molar-refractivity contribution is -0.152. The Morgan fingerprint density at radius 1 is 1.26 bits per heavy atom. The van der Waals surface area contributed by atoms with E-state index >= 15 is 0 Å². The normalized spacial score (nSPS) is 29.4. The third kappa shape index (κ3) is 3.74. The molecule has 2 aliphatic rings. The third-order valence-corrected chi connectivity index (χ3v) is 6.76. The molecule has 1 aromatic carbocycles. The maximum Gasteiger partial charge on any atom is 0.309 e. The van der Waals surface area contributed by atoms with Gasteiger partial charge >= 0.3 is 5.97 Å². The van der Waals surface area contributed by atoms with Crippen molar-refractivity contribution in [1.82, 2.24) is 4.98 Å². The van der Waals surface area contributed by atoms with Gasteiger partial charge in [0.15, 0.2) is 0 Å². The van der Waals surface area contributed by atoms with Gasteiger partial charge in [-0.15, -0.1) is 0 Å². The van der Waals surface area contributed by atoms with Crippen molar-refractivity contribution in [2.45, 2.75) is 39.2 Å². The lowest BCUT2D eigenvalue weighted by atomic mass is 9.64. The minimum Gasteiger partial charge on any atom is -0.462 e. The second kappa shape index (κ2) is 7.88. The number of allylic oxidation sites excluding steroid dienone is 1. The minimum atomic E-state index is -2.92. The van der Waals surface area contributed by atoms with Crippen molar-refractivity contribution in [3.05, 3.63) is 59.4 Å². The second-order valence-corrected chi connectivity index (χ2v) is 8.60. The summed E-state index contributed by atoms with van der Waals surface area (Å²) in [5.41, 5.74) is 3.76. The van der Waals surface area contributed by atoms with Gasteiger partial charge in [0.05, 0.1) is 17.2 Å². The van der Waals surface area contributed by atoms with E-state index in [-0.39, 0.29) is 12.0 Å². The molecular formula is C25H24F2N2O2. The molecule has 160 valence electrons. The first-order valence-corrected chi connectivity index (χ1v) is 10.5. The van der Waals surface area contributed by atoms with Gasteiger partial charge in [0.2, 0.25) is 0 Å². The lowest BCUT2D eigenvalue weighted by Gasteiger charge is -2.41. The summed E-state index contributed by atoms with van der Waals surface area (Å²) >= 11 is 0. The van der Waals surface area contributed by atoms with Gasteiger partial charge in [-0.2, -0.15) is 5.26 Å². The molecule has 1 saturated heterocycles. The van der Waals surface area contributed by atoms with Crippen LogP contribution in [-0.4, -0.2) is 23.0 Å². The zero-order valence-corrected chi connectivity index (χ0v) is 17.7. The number of hydrogen-bond donors (Lipinski definition) is 0. The highest BCUT2D eigenvalue weighted by Crippen LogP contribution is 2.52. The average molecular weight is 422 g/mol. The van der Waals surface area contributed by atoms with Gasteiger partial charge in [0.1, 0.15) is 12.2 Å². The molecule has 5 atom stereocenters. The molecule has 0 N–H and O–H groups in total. The van der Waals surface area contributed by atoms with Crippen LogP contribution in [0.15, 0.2) is 42.6 Å². The molecule has 0 radical (unpaired) electrons. The molecule has 1 saturated carbocycles. The fraction of sp³-hybridized carbons (Fsp3) is 0.400. The third-order valence-electron chi connectivity index (χ3n) is 6.76. The molecule has 1 aliphatic heterocycles. The quantitative estimate of drug-likeness (QED) is 0.621. The first-order valence-electron chi connectivity index (χ1n) is 10.5. The first kappa shape index (κ1) is 21.2. The van der Waals surface area contributed by atoms with Crippen LogP contribution in [0.3, 0.4) is 0 Å². The molecule has 2 aromatic rings. The molecule has 2 heterocycles. The molecule has 2 fully saturated rings. The smallest absolute Gasteiger partial charge is 0.309 e. The number of alkyl halides is 2. The number of carbonyl (C=O) groups excluding carboxylic acids is 1. The Labute approximate surface area is 180 Å². The first-order chi connectivity index (χ1) is 14.7. The number of ether oxygens (including phenoxy) is 1. The van der Waals surface area contributed by atoms with Gasteiger partial charge in [-0.1, -0.05) is 37.3 Å². The van der Waals surface area contributed by atoms with Crippen LogP contribution in [0.5, 0.6) is 0 Å². The van der Waals surface area contributed by atoms with E-state index in [0.717, 1.165) is 16.7 Å². The fourth-order valence-electron chi connectivity index (χ4n) is 4.95. The largest absolute Gasteiger partial charge is 0.462 e. The Morgan fingerprint density at radius 2 is 2.03 bits per heavy atom. The number of benzene rings is 1. The number of rotatable bonds is 3. The van der Waals surface area contributed by atoms with E-state index < -0.39 is 36.1 Å². The van der Waals surface area contributed by atoms with Crippen LogP contribution in [0.4, 0.5) is 8.78 Å². The van der Waals surface area contributed by atoms with E-state index in [2.05, 4.69) is 11.1 Å². The van der Waals surface area contributed by atoms with Gasteiger partial charge in [-0.25, -0.2) is 8.78 Å². The zero-order valence-electron chi connectivity index (χ0n) is 17.7. The van der Waals surface area contributed by atoms with E-state index in [1.54, 1.807) is 38.3 Å². The predicted molar refractivity (Wildman–Crippen MR) is 113 cm³/mol. The summed E-state index contributed by atoms with van der Waals surface area (Å²) in [7, 11) is 0. The summed E-state index contributed by atoms with van der Waals surface area (Å²) < 4.78 is 34.4. The number of hydrogen-bond acceptors (Lipinski definition) is 4. The van der Waals surface area contributed by atoms with Crippen molar-refractivity contribution in [1.29, 1.82) is 5.26 Å². The summed E-state index contributed by atoms with van der Waals surface area (Å²) in [5.74, 6) is -5.85. The Bertz CT molecular complexity index is 1070. The SMILES string of the molecule is Cc1cccc(-c2ccc(/C=C/[C@@H]3[C@@H]4[C@@H](C)OC(=O)[C@@H]4CC(F)(F)[C@H]3C)nc2)c1C#N. The van der Waals surface area contributed by atoms with Crippen LogP contribution in [0, 0.1) is 41.9 Å². The highest BCUT2D eigenvalue weighted by Gasteiger charge is 2.59. The molecule has 1 aromatic heterocycles. The Kier molecular flexibility index (Phi) is 5.38. The van der Waals surface area contributed by atoms with Gasteiger partial charge in [-0.3, -0.25) is 9.78 Å². The number of pyridine rings is 1. The van der Waals surface area contributed by atoms with Crippen LogP contribution < -0.4 is 0 Å². The molecule has 0 amide bonds. The maximum atomic E-state index is 14.6. The van der Waals surface area contributed by atoms with E-state index in [1.807, 2.05) is 31.2 Å². The maximum absolute atomic E-state index is 14.6. The second-order valence-electron chi connectivity index (χ2n) is 8.60. The van der Waals surface area contributed by atoms with Crippen molar-refractivity contribution in [2.24, 2.45) is 23.7 Å². The monoisotopic (exact) mass is 422 g/mol. The molecule has 0 bridgehead atoms. The number of aromatic nitrogens is 1. The molecule has 0 spiro atoms. The highest BCUT2D eigenvalue weighted by atomic mass is 19.3. The zero-order chi connectivity index (χ0) is 22.3. The molecule has 6 heteroatoms. The van der Waals surface area contributed by atoms with Crippen molar-refractivity contribution in [2.75, 3.05) is 0 Å². The van der Waals surface area contributed by atoms with Crippen molar-refractivity contribution >= 4 is 12.0 Å². The van der Waals surface area contributed by atoms with Crippen molar-refractivity contribution < 1.29 is 18.3 Å². The molecule has 4 nitrogen and oxygen atoms in total. The Hall–Kier alpha value is -3.07. The summed E-state index contributed by atoms with van der Waals surface area (Å²) in [6.07, 6.45) is 4.34. The molecular weight excluding hydrogens is 398 g/mol.